The van der Waals surface area contributed by atoms with Crippen LogP contribution in [0.5, 0.6) is 0 Å². The average Bonchev–Trinajstić information content (AvgIpc) is 2.94. The van der Waals surface area contributed by atoms with Crippen molar-refractivity contribution < 1.29 is 23.8 Å². The van der Waals surface area contributed by atoms with Gasteiger partial charge in [0.05, 0.1) is 6.20 Å². The minimum absolute atomic E-state index is 0.0270. The van der Waals surface area contributed by atoms with Crippen LogP contribution in [0.1, 0.15) is 66.6 Å². The molecule has 2 amide bonds. The van der Waals surface area contributed by atoms with Gasteiger partial charge in [0.2, 0.25) is 0 Å². The Labute approximate surface area is 148 Å². The normalized spacial score (nSPS) is 15.2. The summed E-state index contributed by atoms with van der Waals surface area (Å²) in [6.45, 7) is 10.5. The molecule has 1 aromatic rings. The number of oxazole rings is 1. The molecule has 0 fully saturated rings. The summed E-state index contributed by atoms with van der Waals surface area (Å²) < 4.78 is 10.6. The zero-order chi connectivity index (χ0) is 19.3. The smallest absolute Gasteiger partial charge is 0.408 e. The van der Waals surface area contributed by atoms with E-state index in [9.17, 15) is 14.7 Å². The van der Waals surface area contributed by atoms with E-state index in [4.69, 9.17) is 9.15 Å². The minimum Gasteiger partial charge on any atom is -0.444 e. The second-order valence-electron chi connectivity index (χ2n) is 7.13. The summed E-state index contributed by atoms with van der Waals surface area (Å²) in [5.41, 5.74) is -1.81. The van der Waals surface area contributed by atoms with Gasteiger partial charge in [0.15, 0.2) is 5.76 Å². The summed E-state index contributed by atoms with van der Waals surface area (Å²) in [4.78, 5) is 28.2. The predicted octanol–water partition coefficient (Wildman–Crippen LogP) is 2.92. The van der Waals surface area contributed by atoms with Crippen LogP contribution in [-0.2, 0) is 15.1 Å². The molecule has 0 spiro atoms. The average molecular weight is 355 g/mol. The Morgan fingerprint density at radius 3 is 2.48 bits per heavy atom. The molecule has 1 unspecified atom stereocenters. The number of nitrogens with one attached hydrogen (secondary N) is 2. The van der Waals surface area contributed by atoms with Gasteiger partial charge in [-0.3, -0.25) is 10.1 Å². The zero-order valence-corrected chi connectivity index (χ0v) is 15.8. The molecule has 8 nitrogen and oxygen atoms in total. The highest BCUT2D eigenvalue weighted by Crippen LogP contribution is 2.26. The molecular formula is C17H29N3O5. The van der Waals surface area contributed by atoms with Gasteiger partial charge in [-0.1, -0.05) is 20.3 Å². The van der Waals surface area contributed by atoms with Crippen LogP contribution in [0.4, 0.5) is 10.8 Å². The number of aliphatic hydroxyl groups is 1. The first-order valence-electron chi connectivity index (χ1n) is 8.47. The van der Waals surface area contributed by atoms with E-state index < -0.39 is 29.2 Å². The quantitative estimate of drug-likeness (QED) is 0.693. The molecule has 0 bridgehead atoms. The first-order valence-corrected chi connectivity index (χ1v) is 8.47. The highest BCUT2D eigenvalue weighted by atomic mass is 16.6. The Morgan fingerprint density at radius 2 is 1.96 bits per heavy atom. The Balaban J connectivity index is 2.75. The molecule has 0 aliphatic rings. The van der Waals surface area contributed by atoms with E-state index in [1.54, 1.807) is 27.7 Å². The summed E-state index contributed by atoms with van der Waals surface area (Å²) in [5, 5.41) is 15.2. The van der Waals surface area contributed by atoms with E-state index in [2.05, 4.69) is 15.6 Å². The second kappa shape index (κ2) is 8.33. The van der Waals surface area contributed by atoms with Crippen LogP contribution in [0.2, 0.25) is 0 Å². The molecule has 0 saturated carbocycles. The van der Waals surface area contributed by atoms with Crippen molar-refractivity contribution in [3.8, 4) is 0 Å². The van der Waals surface area contributed by atoms with Crippen LogP contribution in [0.15, 0.2) is 10.6 Å². The number of alkyl carbamates (subject to hydrolysis) is 1. The van der Waals surface area contributed by atoms with Gasteiger partial charge in [-0.05, 0) is 40.5 Å². The number of ether oxygens (including phenoxy) is 1. The molecule has 8 heteroatoms. The summed E-state index contributed by atoms with van der Waals surface area (Å²) in [5.74, 6) is -0.199. The maximum absolute atomic E-state index is 12.4. The van der Waals surface area contributed by atoms with Gasteiger partial charge >= 0.3 is 12.1 Å². The van der Waals surface area contributed by atoms with Gasteiger partial charge in [0.1, 0.15) is 17.2 Å². The van der Waals surface area contributed by atoms with E-state index >= 15 is 0 Å². The van der Waals surface area contributed by atoms with E-state index in [1.165, 1.54) is 6.20 Å². The van der Waals surface area contributed by atoms with Gasteiger partial charge < -0.3 is 19.6 Å². The molecule has 1 rings (SSSR count). The summed E-state index contributed by atoms with van der Waals surface area (Å²) >= 11 is 0. The van der Waals surface area contributed by atoms with Crippen LogP contribution in [-0.4, -0.2) is 33.7 Å². The van der Waals surface area contributed by atoms with Crippen LogP contribution >= 0.6 is 0 Å². The van der Waals surface area contributed by atoms with Crippen molar-refractivity contribution in [2.24, 2.45) is 0 Å². The SMILES string of the molecule is CCCC(NC(=O)OC(C)(C)C)C(=O)Nc1ncc([C@@](C)(O)CC)o1. The first-order chi connectivity index (χ1) is 11.5. The molecule has 2 atom stereocenters. The number of nitrogens with zero attached hydrogens (tertiary/aromatic N) is 1. The van der Waals surface area contributed by atoms with Crippen molar-refractivity contribution in [2.45, 2.75) is 78.0 Å². The van der Waals surface area contributed by atoms with Gasteiger partial charge in [-0.25, -0.2) is 9.78 Å². The second-order valence-corrected chi connectivity index (χ2v) is 7.13. The Morgan fingerprint density at radius 1 is 1.32 bits per heavy atom. The maximum atomic E-state index is 12.4. The third-order valence-corrected chi connectivity index (χ3v) is 3.54. The number of hydrogen-bond donors (Lipinski definition) is 3. The molecule has 0 aromatic carbocycles. The Hall–Kier alpha value is -2.09. The van der Waals surface area contributed by atoms with Crippen LogP contribution < -0.4 is 10.6 Å². The largest absolute Gasteiger partial charge is 0.444 e. The fourth-order valence-electron chi connectivity index (χ4n) is 1.95. The highest BCUT2D eigenvalue weighted by Gasteiger charge is 2.28. The molecule has 25 heavy (non-hydrogen) atoms. The molecule has 142 valence electrons. The third-order valence-electron chi connectivity index (χ3n) is 3.54. The predicted molar refractivity (Wildman–Crippen MR) is 93.1 cm³/mol. The lowest BCUT2D eigenvalue weighted by Gasteiger charge is -2.22. The first kappa shape index (κ1) is 21.0. The zero-order valence-electron chi connectivity index (χ0n) is 15.8. The molecule has 0 aliphatic carbocycles. The van der Waals surface area contributed by atoms with E-state index in [0.29, 0.717) is 19.3 Å². The summed E-state index contributed by atoms with van der Waals surface area (Å²) in [6, 6.07) is -0.803. The lowest BCUT2D eigenvalue weighted by Crippen LogP contribution is -2.45. The number of aromatic nitrogens is 1. The van der Waals surface area contributed by atoms with E-state index in [1.807, 2.05) is 13.8 Å². The lowest BCUT2D eigenvalue weighted by atomic mass is 10.0. The Bertz CT molecular complexity index is 589. The topological polar surface area (TPSA) is 114 Å². The lowest BCUT2D eigenvalue weighted by molar-refractivity contribution is -0.118. The fraction of sp³-hybridized carbons (Fsp3) is 0.706. The van der Waals surface area contributed by atoms with Crippen molar-refractivity contribution in [1.82, 2.24) is 10.3 Å². The van der Waals surface area contributed by atoms with Gasteiger partial charge in [0.25, 0.3) is 5.91 Å². The maximum Gasteiger partial charge on any atom is 0.408 e. The molecule has 1 aromatic heterocycles. The van der Waals surface area contributed by atoms with Crippen molar-refractivity contribution in [1.29, 1.82) is 0 Å². The Kier molecular flexibility index (Phi) is 6.98. The number of hydrogen-bond acceptors (Lipinski definition) is 6. The van der Waals surface area contributed by atoms with Crippen molar-refractivity contribution in [3.63, 3.8) is 0 Å². The molecular weight excluding hydrogens is 326 g/mol. The molecule has 0 saturated heterocycles. The standard InChI is InChI=1S/C17H29N3O5/c1-7-9-11(19-15(22)25-16(3,4)5)13(21)20-14-18-10-12(24-14)17(6,23)8-2/h10-11,23H,7-9H2,1-6H3,(H,19,22)(H,18,20,21)/t11?,17-/m0/s1. The minimum atomic E-state index is -1.16. The molecule has 0 radical (unpaired) electrons. The molecule has 3 N–H and O–H groups in total. The number of anilines is 1. The summed E-state index contributed by atoms with van der Waals surface area (Å²) in [7, 11) is 0. The number of rotatable bonds is 7. The number of carbonyl (C=O) groups excluding carboxylic acids is 2. The van der Waals surface area contributed by atoms with Crippen LogP contribution in [0, 0.1) is 0 Å². The number of amides is 2. The third kappa shape index (κ3) is 6.74. The van der Waals surface area contributed by atoms with Crippen molar-refractivity contribution in [3.05, 3.63) is 12.0 Å². The molecule has 0 aliphatic heterocycles. The van der Waals surface area contributed by atoms with Crippen LogP contribution in [0.25, 0.3) is 0 Å². The number of carbonyl (C=O) groups is 2. The monoisotopic (exact) mass is 355 g/mol. The van der Waals surface area contributed by atoms with Crippen LogP contribution in [0.3, 0.4) is 0 Å². The van der Waals surface area contributed by atoms with Gasteiger partial charge in [0, 0.05) is 0 Å². The van der Waals surface area contributed by atoms with E-state index in [0.717, 1.165) is 0 Å². The van der Waals surface area contributed by atoms with E-state index in [-0.39, 0.29) is 11.8 Å². The van der Waals surface area contributed by atoms with Gasteiger partial charge in [-0.15, -0.1) is 0 Å². The molecule has 1 heterocycles. The fourth-order valence-corrected chi connectivity index (χ4v) is 1.95. The van der Waals surface area contributed by atoms with Crippen molar-refractivity contribution in [2.75, 3.05) is 5.32 Å². The highest BCUT2D eigenvalue weighted by molar-refractivity contribution is 5.95. The van der Waals surface area contributed by atoms with Gasteiger partial charge in [-0.2, -0.15) is 0 Å². The summed E-state index contributed by atoms with van der Waals surface area (Å²) in [6.07, 6.45) is 2.27. The van der Waals surface area contributed by atoms with Crippen molar-refractivity contribution >= 4 is 18.0 Å².